The summed E-state index contributed by atoms with van der Waals surface area (Å²) < 4.78 is 15.7. The van der Waals surface area contributed by atoms with Crippen LogP contribution in [0.4, 0.5) is 0 Å². The Morgan fingerprint density at radius 3 is 2.24 bits per heavy atom. The Kier molecular flexibility index (Phi) is 5.59. The van der Waals surface area contributed by atoms with Crippen molar-refractivity contribution in [3.8, 4) is 34.3 Å². The number of ether oxygens (including phenoxy) is 2. The molecule has 3 aromatic rings. The van der Waals surface area contributed by atoms with E-state index < -0.39 is 64.4 Å². The number of aromatic hydroxyl groups is 3. The highest BCUT2D eigenvalue weighted by atomic mass is 16.7. The summed E-state index contributed by atoms with van der Waals surface area (Å²) in [6, 6.07) is 7.53. The first-order valence-electron chi connectivity index (χ1n) is 9.59. The van der Waals surface area contributed by atoms with E-state index in [2.05, 4.69) is 0 Å². The number of hydrogen-bond donors (Lipinski definition) is 8. The molecule has 1 aromatic heterocycles. The monoisotopic (exact) mass is 478 g/mol. The van der Waals surface area contributed by atoms with Gasteiger partial charge >= 0.3 is 5.97 Å². The summed E-state index contributed by atoms with van der Waals surface area (Å²) in [6.07, 6.45) is -9.28. The van der Waals surface area contributed by atoms with Gasteiger partial charge in [-0.2, -0.15) is 0 Å². The van der Waals surface area contributed by atoms with Gasteiger partial charge in [0.1, 0.15) is 28.6 Å². The van der Waals surface area contributed by atoms with Crippen molar-refractivity contribution in [1.29, 1.82) is 0 Å². The van der Waals surface area contributed by atoms with Crippen molar-refractivity contribution in [2.24, 2.45) is 0 Å². The fourth-order valence-corrected chi connectivity index (χ4v) is 3.43. The van der Waals surface area contributed by atoms with Gasteiger partial charge in [-0.15, -0.1) is 0 Å². The molecule has 1 saturated heterocycles. The van der Waals surface area contributed by atoms with Gasteiger partial charge in [0.05, 0.1) is 0 Å². The van der Waals surface area contributed by atoms with Gasteiger partial charge < -0.3 is 54.7 Å². The quantitative estimate of drug-likeness (QED) is 0.169. The standard InChI is InChI=1S/C21H18O13/c22-8-3-1-7(2-4-8)10-5-9(23)13-11(32-10)6-12(14(24)15(13)25)33-20-18(27)21(30,31)17(26)16(34-20)19(28)29/h1-6,16-18,20,22,24-27,30-31H,(H,28,29)/t16-,17+,18-,20-/m0/s1. The Morgan fingerprint density at radius 1 is 0.971 bits per heavy atom. The number of carbonyl (C=O) groups is 1. The fraction of sp³-hybridized carbons (Fsp3) is 0.238. The molecular formula is C21H18O13. The average Bonchev–Trinajstić information content (AvgIpc) is 2.77. The van der Waals surface area contributed by atoms with Gasteiger partial charge in [-0.05, 0) is 24.3 Å². The lowest BCUT2D eigenvalue weighted by atomic mass is 9.95. The van der Waals surface area contributed by atoms with Crippen LogP contribution in [0.1, 0.15) is 0 Å². The molecule has 1 aliphatic heterocycles. The SMILES string of the molecule is O=C(O)[C@H]1O[C@H](Oc2cc3oc(-c4ccc(O)cc4)cc(=O)c3c(O)c2O)[C@H](O)C(O)(O)[C@@H]1O. The predicted molar refractivity (Wildman–Crippen MR) is 109 cm³/mol. The third-order valence-electron chi connectivity index (χ3n) is 5.27. The van der Waals surface area contributed by atoms with Crippen molar-refractivity contribution in [2.45, 2.75) is 30.4 Å². The average molecular weight is 478 g/mol. The molecule has 180 valence electrons. The molecule has 4 atom stereocenters. The van der Waals surface area contributed by atoms with Crippen LogP contribution in [0.3, 0.4) is 0 Å². The van der Waals surface area contributed by atoms with E-state index in [-0.39, 0.29) is 17.1 Å². The summed E-state index contributed by atoms with van der Waals surface area (Å²) in [5.41, 5.74) is -0.682. The Morgan fingerprint density at radius 2 is 1.62 bits per heavy atom. The van der Waals surface area contributed by atoms with E-state index in [4.69, 9.17) is 19.0 Å². The minimum Gasteiger partial charge on any atom is -0.508 e. The molecule has 1 aliphatic rings. The molecule has 0 unspecified atom stereocenters. The van der Waals surface area contributed by atoms with Crippen molar-refractivity contribution in [2.75, 3.05) is 0 Å². The third kappa shape index (κ3) is 3.76. The molecule has 0 saturated carbocycles. The van der Waals surface area contributed by atoms with E-state index >= 15 is 0 Å². The molecule has 13 heteroatoms. The maximum Gasteiger partial charge on any atom is 0.335 e. The second-order valence-corrected chi connectivity index (χ2v) is 7.52. The Hall–Kier alpha value is -3.88. The van der Waals surface area contributed by atoms with Crippen LogP contribution in [0.5, 0.6) is 23.0 Å². The smallest absolute Gasteiger partial charge is 0.335 e. The number of rotatable bonds is 4. The summed E-state index contributed by atoms with van der Waals surface area (Å²) in [5, 5.41) is 78.5. The Balaban J connectivity index is 1.78. The zero-order chi connectivity index (χ0) is 24.9. The van der Waals surface area contributed by atoms with Crippen molar-refractivity contribution in [3.63, 3.8) is 0 Å². The maximum atomic E-state index is 12.6. The van der Waals surface area contributed by atoms with Crippen LogP contribution in [0.2, 0.25) is 0 Å². The normalized spacial score (nSPS) is 24.1. The zero-order valence-electron chi connectivity index (χ0n) is 16.9. The zero-order valence-corrected chi connectivity index (χ0v) is 16.9. The van der Waals surface area contributed by atoms with Crippen LogP contribution in [0, 0.1) is 0 Å². The Bertz CT molecular complexity index is 1310. The molecule has 0 aliphatic carbocycles. The first-order chi connectivity index (χ1) is 15.9. The van der Waals surface area contributed by atoms with Crippen LogP contribution in [-0.2, 0) is 9.53 Å². The lowest BCUT2D eigenvalue weighted by molar-refractivity contribution is -0.369. The molecule has 0 spiro atoms. The molecule has 4 rings (SSSR count). The van der Waals surface area contributed by atoms with E-state index in [0.717, 1.165) is 12.1 Å². The fourth-order valence-electron chi connectivity index (χ4n) is 3.43. The van der Waals surface area contributed by atoms with Gasteiger partial charge in [-0.3, -0.25) is 4.79 Å². The van der Waals surface area contributed by atoms with Crippen LogP contribution in [0.25, 0.3) is 22.3 Å². The number of benzene rings is 2. The number of hydrogen-bond acceptors (Lipinski definition) is 12. The summed E-state index contributed by atoms with van der Waals surface area (Å²) >= 11 is 0. The minimum atomic E-state index is -3.38. The molecule has 2 heterocycles. The van der Waals surface area contributed by atoms with Gasteiger partial charge in [0, 0.05) is 17.7 Å². The molecule has 8 N–H and O–H groups in total. The number of fused-ring (bicyclic) bond motifs is 1. The predicted octanol–water partition coefficient (Wildman–Crippen LogP) is -0.832. The van der Waals surface area contributed by atoms with Gasteiger partial charge in [0.15, 0.2) is 29.1 Å². The number of aliphatic hydroxyl groups excluding tert-OH is 2. The molecule has 0 amide bonds. The summed E-state index contributed by atoms with van der Waals surface area (Å²) in [4.78, 5) is 23.8. The number of carboxylic acid groups (broad SMARTS) is 1. The first kappa shape index (κ1) is 23.3. The molecule has 0 radical (unpaired) electrons. The van der Waals surface area contributed by atoms with Crippen molar-refractivity contribution in [1.82, 2.24) is 0 Å². The number of carboxylic acids is 1. The van der Waals surface area contributed by atoms with E-state index in [0.29, 0.717) is 5.56 Å². The van der Waals surface area contributed by atoms with E-state index in [1.807, 2.05) is 0 Å². The number of phenolic OH excluding ortho intramolecular Hbond substituents is 3. The van der Waals surface area contributed by atoms with Gasteiger partial charge in [0.2, 0.25) is 17.8 Å². The molecule has 1 fully saturated rings. The Labute approximate surface area is 188 Å². The molecule has 34 heavy (non-hydrogen) atoms. The van der Waals surface area contributed by atoms with E-state index in [1.165, 1.54) is 24.3 Å². The number of aliphatic carboxylic acids is 1. The summed E-state index contributed by atoms with van der Waals surface area (Å²) in [5.74, 6) is -7.89. The third-order valence-corrected chi connectivity index (χ3v) is 5.27. The largest absolute Gasteiger partial charge is 0.508 e. The molecular weight excluding hydrogens is 460 g/mol. The number of aliphatic hydroxyl groups is 4. The number of phenols is 3. The van der Waals surface area contributed by atoms with Crippen LogP contribution < -0.4 is 10.2 Å². The maximum absolute atomic E-state index is 12.6. The van der Waals surface area contributed by atoms with Gasteiger partial charge in [-0.25, -0.2) is 4.79 Å². The minimum absolute atomic E-state index is 0.0151. The first-order valence-corrected chi connectivity index (χ1v) is 9.59. The van der Waals surface area contributed by atoms with Gasteiger partial charge in [0.25, 0.3) is 0 Å². The highest BCUT2D eigenvalue weighted by Crippen LogP contribution is 2.43. The topological polar surface area (TPSA) is 228 Å². The lowest BCUT2D eigenvalue weighted by Crippen LogP contribution is -2.69. The molecule has 2 aromatic carbocycles. The molecule has 13 nitrogen and oxygen atoms in total. The van der Waals surface area contributed by atoms with Crippen molar-refractivity contribution >= 4 is 16.9 Å². The van der Waals surface area contributed by atoms with Crippen molar-refractivity contribution in [3.05, 3.63) is 46.6 Å². The van der Waals surface area contributed by atoms with E-state index in [1.54, 1.807) is 0 Å². The summed E-state index contributed by atoms with van der Waals surface area (Å²) in [7, 11) is 0. The lowest BCUT2D eigenvalue weighted by Gasteiger charge is -2.43. The summed E-state index contributed by atoms with van der Waals surface area (Å²) in [6.45, 7) is 0. The van der Waals surface area contributed by atoms with Crippen LogP contribution in [0.15, 0.2) is 45.6 Å². The van der Waals surface area contributed by atoms with E-state index in [9.17, 15) is 45.3 Å². The highest BCUT2D eigenvalue weighted by Gasteiger charge is 2.58. The van der Waals surface area contributed by atoms with Crippen LogP contribution >= 0.6 is 0 Å². The van der Waals surface area contributed by atoms with Gasteiger partial charge in [-0.1, -0.05) is 0 Å². The molecule has 0 bridgehead atoms. The van der Waals surface area contributed by atoms with Crippen molar-refractivity contribution < 1.29 is 59.5 Å². The second kappa shape index (κ2) is 8.16. The highest BCUT2D eigenvalue weighted by molar-refractivity contribution is 5.89. The van der Waals surface area contributed by atoms with Crippen LogP contribution in [-0.4, -0.2) is 77.2 Å². The second-order valence-electron chi connectivity index (χ2n) is 7.52.